The molecule has 0 radical (unpaired) electrons. The van der Waals surface area contributed by atoms with Gasteiger partial charge in [0.25, 0.3) is 0 Å². The van der Waals surface area contributed by atoms with Crippen LogP contribution in [0, 0.1) is 0 Å². The van der Waals surface area contributed by atoms with Crippen molar-refractivity contribution in [1.82, 2.24) is 15.0 Å². The number of anilines is 1. The minimum absolute atomic E-state index is 0.326. The summed E-state index contributed by atoms with van der Waals surface area (Å²) < 4.78 is 4.71. The Morgan fingerprint density at radius 2 is 2.05 bits per heavy atom. The van der Waals surface area contributed by atoms with E-state index < -0.39 is 5.97 Å². The summed E-state index contributed by atoms with van der Waals surface area (Å²) in [5.41, 5.74) is 0.981. The van der Waals surface area contributed by atoms with Crippen LogP contribution >= 0.6 is 0 Å². The van der Waals surface area contributed by atoms with Gasteiger partial charge in [-0.25, -0.2) is 14.8 Å². The maximum atomic E-state index is 11.6. The number of aromatic nitrogens is 3. The molecule has 0 fully saturated rings. The highest BCUT2D eigenvalue weighted by atomic mass is 16.5. The van der Waals surface area contributed by atoms with E-state index >= 15 is 0 Å². The number of methoxy groups -OCH3 is 1. The molecule has 0 aromatic carbocycles. The zero-order chi connectivity index (χ0) is 13.8. The van der Waals surface area contributed by atoms with Crippen LogP contribution in [0.15, 0.2) is 30.6 Å². The highest BCUT2D eigenvalue weighted by Crippen LogP contribution is 2.20. The Kier molecular flexibility index (Phi) is 3.70. The quantitative estimate of drug-likeness (QED) is 0.775. The van der Waals surface area contributed by atoms with Gasteiger partial charge < -0.3 is 9.64 Å². The molecule has 0 amide bonds. The highest BCUT2D eigenvalue weighted by molar-refractivity contribution is 5.94. The lowest BCUT2D eigenvalue weighted by Crippen LogP contribution is -2.17. The van der Waals surface area contributed by atoms with E-state index in [9.17, 15) is 4.79 Å². The first-order valence-electron chi connectivity index (χ1n) is 5.67. The Morgan fingerprint density at radius 3 is 2.63 bits per heavy atom. The van der Waals surface area contributed by atoms with Crippen molar-refractivity contribution in [3.8, 4) is 11.5 Å². The topological polar surface area (TPSA) is 68.2 Å². The first-order chi connectivity index (χ1) is 9.13. The number of hydrogen-bond donors (Lipinski definition) is 0. The minimum Gasteiger partial charge on any atom is -0.465 e. The van der Waals surface area contributed by atoms with Crippen LogP contribution in [-0.4, -0.2) is 42.1 Å². The lowest BCUT2D eigenvalue weighted by Gasteiger charge is -2.15. The van der Waals surface area contributed by atoms with E-state index in [1.807, 2.05) is 18.2 Å². The molecule has 0 aliphatic rings. The van der Waals surface area contributed by atoms with E-state index in [0.29, 0.717) is 22.9 Å². The summed E-state index contributed by atoms with van der Waals surface area (Å²) in [6.45, 7) is 0. The van der Waals surface area contributed by atoms with E-state index in [0.717, 1.165) is 0 Å². The average Bonchev–Trinajstić information content (AvgIpc) is 2.46. The molecule has 19 heavy (non-hydrogen) atoms. The van der Waals surface area contributed by atoms with E-state index in [4.69, 9.17) is 4.74 Å². The number of carbonyl (C=O) groups is 1. The lowest BCUT2D eigenvalue weighted by atomic mass is 10.2. The van der Waals surface area contributed by atoms with Gasteiger partial charge in [-0.05, 0) is 12.1 Å². The van der Waals surface area contributed by atoms with Crippen molar-refractivity contribution in [1.29, 1.82) is 0 Å². The molecule has 2 aromatic rings. The molecule has 98 valence electrons. The molecule has 0 spiro atoms. The largest absolute Gasteiger partial charge is 0.465 e. The Bertz CT molecular complexity index is 584. The third-order valence-corrected chi connectivity index (χ3v) is 2.49. The first-order valence-corrected chi connectivity index (χ1v) is 5.67. The summed E-state index contributed by atoms with van der Waals surface area (Å²) in [5, 5.41) is 0. The third kappa shape index (κ3) is 2.67. The van der Waals surface area contributed by atoms with Crippen molar-refractivity contribution in [3.05, 3.63) is 36.2 Å². The Morgan fingerprint density at radius 1 is 1.26 bits per heavy atom. The smallest absolute Gasteiger partial charge is 0.343 e. The van der Waals surface area contributed by atoms with Gasteiger partial charge in [0.15, 0.2) is 5.82 Å². The van der Waals surface area contributed by atoms with Crippen molar-refractivity contribution >= 4 is 11.8 Å². The SMILES string of the molecule is COC(=O)c1cnc(-c2ccccn2)nc1N(C)C. The van der Waals surface area contributed by atoms with Gasteiger partial charge in [0.1, 0.15) is 17.1 Å². The van der Waals surface area contributed by atoms with Gasteiger partial charge in [0, 0.05) is 26.5 Å². The molecular weight excluding hydrogens is 244 g/mol. The predicted octanol–water partition coefficient (Wildman–Crippen LogP) is 1.39. The Labute approximate surface area is 111 Å². The monoisotopic (exact) mass is 258 g/mol. The van der Waals surface area contributed by atoms with Crippen LogP contribution in [0.4, 0.5) is 5.82 Å². The van der Waals surface area contributed by atoms with Crippen molar-refractivity contribution < 1.29 is 9.53 Å². The molecule has 2 rings (SSSR count). The third-order valence-electron chi connectivity index (χ3n) is 2.49. The van der Waals surface area contributed by atoms with E-state index in [-0.39, 0.29) is 0 Å². The highest BCUT2D eigenvalue weighted by Gasteiger charge is 2.17. The molecule has 0 aliphatic heterocycles. The summed E-state index contributed by atoms with van der Waals surface area (Å²) in [6, 6.07) is 5.49. The van der Waals surface area contributed by atoms with Crippen LogP contribution in [0.3, 0.4) is 0 Å². The van der Waals surface area contributed by atoms with Crippen LogP contribution in [-0.2, 0) is 4.74 Å². The van der Waals surface area contributed by atoms with Crippen LogP contribution in [0.25, 0.3) is 11.5 Å². The first kappa shape index (κ1) is 12.9. The standard InChI is InChI=1S/C13H14N4O2/c1-17(2)12-9(13(18)19-3)8-15-11(16-12)10-6-4-5-7-14-10/h4-8H,1-3H3. The molecule has 6 heteroatoms. The molecule has 0 N–H and O–H groups in total. The van der Waals surface area contributed by atoms with Crippen molar-refractivity contribution in [2.75, 3.05) is 26.1 Å². The molecule has 0 saturated carbocycles. The normalized spacial score (nSPS) is 10.1. The fourth-order valence-corrected chi connectivity index (χ4v) is 1.59. The maximum absolute atomic E-state index is 11.6. The second kappa shape index (κ2) is 5.43. The van der Waals surface area contributed by atoms with E-state index in [1.54, 1.807) is 25.2 Å². The number of hydrogen-bond acceptors (Lipinski definition) is 6. The molecule has 0 unspecified atom stereocenters. The zero-order valence-corrected chi connectivity index (χ0v) is 11.0. The Balaban J connectivity index is 2.51. The summed E-state index contributed by atoms with van der Waals surface area (Å²) in [5.74, 6) is 0.510. The number of nitrogens with zero attached hydrogens (tertiary/aromatic N) is 4. The van der Waals surface area contributed by atoms with Gasteiger partial charge in [0.2, 0.25) is 0 Å². The van der Waals surface area contributed by atoms with Crippen LogP contribution in [0.2, 0.25) is 0 Å². The van der Waals surface area contributed by atoms with Gasteiger partial charge in [0.05, 0.1) is 7.11 Å². The van der Waals surface area contributed by atoms with Crippen LogP contribution in [0.5, 0.6) is 0 Å². The summed E-state index contributed by atoms with van der Waals surface area (Å²) in [4.78, 5) is 26.1. The van der Waals surface area contributed by atoms with Gasteiger partial charge in [-0.2, -0.15) is 0 Å². The second-order valence-corrected chi connectivity index (χ2v) is 4.03. The zero-order valence-electron chi connectivity index (χ0n) is 11.0. The van der Waals surface area contributed by atoms with Crippen molar-refractivity contribution in [2.24, 2.45) is 0 Å². The van der Waals surface area contributed by atoms with E-state index in [1.165, 1.54) is 13.3 Å². The van der Waals surface area contributed by atoms with Crippen molar-refractivity contribution in [2.45, 2.75) is 0 Å². The molecule has 0 saturated heterocycles. The number of rotatable bonds is 3. The van der Waals surface area contributed by atoms with E-state index in [2.05, 4.69) is 15.0 Å². The van der Waals surface area contributed by atoms with Crippen LogP contribution < -0.4 is 4.90 Å². The summed E-state index contributed by atoms with van der Waals surface area (Å²) >= 11 is 0. The molecule has 6 nitrogen and oxygen atoms in total. The second-order valence-electron chi connectivity index (χ2n) is 4.03. The predicted molar refractivity (Wildman–Crippen MR) is 70.9 cm³/mol. The number of carbonyl (C=O) groups excluding carboxylic acids is 1. The minimum atomic E-state index is -0.462. The Hall–Kier alpha value is -2.50. The van der Waals surface area contributed by atoms with Crippen LogP contribution in [0.1, 0.15) is 10.4 Å². The summed E-state index contributed by atoms with van der Waals surface area (Å²) in [6.07, 6.45) is 3.13. The molecule has 0 bridgehead atoms. The lowest BCUT2D eigenvalue weighted by molar-refractivity contribution is 0.0600. The van der Waals surface area contributed by atoms with Crippen molar-refractivity contribution in [3.63, 3.8) is 0 Å². The fourth-order valence-electron chi connectivity index (χ4n) is 1.59. The maximum Gasteiger partial charge on any atom is 0.343 e. The molecule has 2 heterocycles. The van der Waals surface area contributed by atoms with Gasteiger partial charge in [-0.15, -0.1) is 0 Å². The van der Waals surface area contributed by atoms with Gasteiger partial charge in [-0.1, -0.05) is 6.07 Å². The fraction of sp³-hybridized carbons (Fsp3) is 0.231. The molecule has 0 aliphatic carbocycles. The van der Waals surface area contributed by atoms with Gasteiger partial charge >= 0.3 is 5.97 Å². The molecule has 2 aromatic heterocycles. The number of pyridine rings is 1. The molecule has 0 atom stereocenters. The average molecular weight is 258 g/mol. The number of esters is 1. The molecular formula is C13H14N4O2. The number of ether oxygens (including phenoxy) is 1. The van der Waals surface area contributed by atoms with Gasteiger partial charge in [-0.3, -0.25) is 4.98 Å². The summed E-state index contributed by atoms with van der Waals surface area (Å²) in [7, 11) is 4.93.